The molecule has 3 aromatic rings. The monoisotopic (exact) mass is 473 g/mol. The summed E-state index contributed by atoms with van der Waals surface area (Å²) in [4.78, 5) is 26.1. The number of fused-ring (bicyclic) bond motifs is 1. The summed E-state index contributed by atoms with van der Waals surface area (Å²) in [6.07, 6.45) is 0.354. The Bertz CT molecular complexity index is 1160. The second kappa shape index (κ2) is 9.18. The first-order chi connectivity index (χ1) is 15.4. The van der Waals surface area contributed by atoms with Crippen LogP contribution in [0.4, 0.5) is 4.39 Å². The minimum absolute atomic E-state index is 0.128. The number of hydrogen-bond donors (Lipinski definition) is 0. The van der Waals surface area contributed by atoms with Crippen LogP contribution in [-0.4, -0.2) is 37.0 Å². The highest BCUT2D eigenvalue weighted by Gasteiger charge is 2.34. The van der Waals surface area contributed by atoms with Crippen LogP contribution in [0.2, 0.25) is 10.0 Å². The van der Waals surface area contributed by atoms with Gasteiger partial charge in [-0.15, -0.1) is 0 Å². The molecule has 0 bridgehead atoms. The summed E-state index contributed by atoms with van der Waals surface area (Å²) in [5.41, 5.74) is 1.58. The second-order valence-electron chi connectivity index (χ2n) is 7.09. The van der Waals surface area contributed by atoms with Crippen LogP contribution in [0, 0.1) is 5.82 Å². The molecule has 1 heterocycles. The van der Waals surface area contributed by atoms with E-state index in [1.165, 1.54) is 24.1 Å². The van der Waals surface area contributed by atoms with Gasteiger partial charge in [-0.05, 0) is 36.8 Å². The number of carbonyl (C=O) groups excluding carboxylic acids is 2. The number of benzene rings is 3. The highest BCUT2D eigenvalue weighted by Crippen LogP contribution is 2.44. The summed E-state index contributed by atoms with van der Waals surface area (Å²) in [7, 11) is 1.44. The van der Waals surface area contributed by atoms with E-state index in [2.05, 4.69) is 0 Å². The summed E-state index contributed by atoms with van der Waals surface area (Å²) in [5.74, 6) is -0.760. The Kier molecular flexibility index (Phi) is 6.35. The molecule has 0 saturated carbocycles. The topological polar surface area (TPSA) is 55.8 Å². The number of halogens is 3. The first-order valence-corrected chi connectivity index (χ1v) is 10.6. The zero-order valence-electron chi connectivity index (χ0n) is 17.0. The number of hydrogen-bond acceptors (Lipinski definition) is 4. The summed E-state index contributed by atoms with van der Waals surface area (Å²) >= 11 is 12.6. The minimum Gasteiger partial charge on any atom is -0.492 e. The molecular weight excluding hydrogens is 456 g/mol. The molecule has 2 amide bonds. The van der Waals surface area contributed by atoms with Gasteiger partial charge in [0.15, 0.2) is 11.5 Å². The third kappa shape index (κ3) is 4.04. The Hall–Kier alpha value is -3.09. The lowest BCUT2D eigenvalue weighted by Crippen LogP contribution is -2.31. The Morgan fingerprint density at radius 2 is 1.53 bits per heavy atom. The van der Waals surface area contributed by atoms with Crippen LogP contribution >= 0.6 is 23.2 Å². The van der Waals surface area contributed by atoms with E-state index in [9.17, 15) is 14.0 Å². The smallest absolute Gasteiger partial charge is 0.261 e. The molecule has 0 atom stereocenters. The van der Waals surface area contributed by atoms with Crippen LogP contribution in [0.3, 0.4) is 0 Å². The molecule has 32 heavy (non-hydrogen) atoms. The second-order valence-corrected chi connectivity index (χ2v) is 7.91. The molecule has 0 fully saturated rings. The van der Waals surface area contributed by atoms with Crippen molar-refractivity contribution < 1.29 is 23.5 Å². The normalized spacial score (nSPS) is 12.8. The molecule has 0 radical (unpaired) electrons. The van der Waals surface area contributed by atoms with Crippen molar-refractivity contribution in [1.29, 1.82) is 0 Å². The van der Waals surface area contributed by atoms with Crippen molar-refractivity contribution in [1.82, 2.24) is 4.90 Å². The van der Waals surface area contributed by atoms with Gasteiger partial charge in [0, 0.05) is 23.7 Å². The van der Waals surface area contributed by atoms with E-state index in [1.807, 2.05) is 0 Å². The van der Waals surface area contributed by atoms with Crippen LogP contribution < -0.4 is 9.47 Å². The summed E-state index contributed by atoms with van der Waals surface area (Å²) in [6.45, 7) is 0.302. The van der Waals surface area contributed by atoms with Gasteiger partial charge in [0.1, 0.15) is 5.82 Å². The third-order valence-corrected chi connectivity index (χ3v) is 5.75. The maximum Gasteiger partial charge on any atom is 0.261 e. The van der Waals surface area contributed by atoms with Gasteiger partial charge in [0.05, 0.1) is 34.9 Å². The van der Waals surface area contributed by atoms with Crippen molar-refractivity contribution in [3.63, 3.8) is 0 Å². The molecule has 0 aliphatic carbocycles. The van der Waals surface area contributed by atoms with E-state index in [1.54, 1.807) is 42.5 Å². The highest BCUT2D eigenvalue weighted by molar-refractivity contribution is 6.39. The fourth-order valence-electron chi connectivity index (χ4n) is 3.67. The number of imide groups is 1. The zero-order valence-corrected chi connectivity index (χ0v) is 18.5. The first-order valence-electron chi connectivity index (χ1n) is 9.82. The molecule has 0 N–H and O–H groups in total. The Labute approximate surface area is 194 Å². The SMILES string of the molecule is COc1c(OCCCN2C(=O)c3ccccc3C2=O)cc(F)cc1-c1c(Cl)cccc1Cl. The average molecular weight is 474 g/mol. The summed E-state index contributed by atoms with van der Waals surface area (Å²) in [6, 6.07) is 14.2. The van der Waals surface area contributed by atoms with E-state index < -0.39 is 5.82 Å². The fraction of sp³-hybridized carbons (Fsp3) is 0.167. The lowest BCUT2D eigenvalue weighted by atomic mass is 10.0. The van der Waals surface area contributed by atoms with Gasteiger partial charge in [-0.25, -0.2) is 4.39 Å². The fourth-order valence-corrected chi connectivity index (χ4v) is 4.28. The third-order valence-electron chi connectivity index (χ3n) is 5.12. The van der Waals surface area contributed by atoms with Crippen LogP contribution in [-0.2, 0) is 0 Å². The molecule has 0 unspecified atom stereocenters. The Balaban J connectivity index is 1.49. The van der Waals surface area contributed by atoms with E-state index in [0.29, 0.717) is 38.7 Å². The number of methoxy groups -OCH3 is 1. The zero-order chi connectivity index (χ0) is 22.8. The molecular formula is C24H18Cl2FNO4. The molecule has 164 valence electrons. The minimum atomic E-state index is -0.549. The highest BCUT2D eigenvalue weighted by atomic mass is 35.5. The van der Waals surface area contributed by atoms with Crippen LogP contribution in [0.25, 0.3) is 11.1 Å². The number of rotatable bonds is 7. The quantitative estimate of drug-likeness (QED) is 0.317. The Morgan fingerprint density at radius 1 is 0.906 bits per heavy atom. The molecule has 0 saturated heterocycles. The van der Waals surface area contributed by atoms with E-state index >= 15 is 0 Å². The van der Waals surface area contributed by atoms with E-state index in [0.717, 1.165) is 0 Å². The number of amides is 2. The van der Waals surface area contributed by atoms with Crippen LogP contribution in [0.15, 0.2) is 54.6 Å². The van der Waals surface area contributed by atoms with Gasteiger partial charge < -0.3 is 9.47 Å². The molecule has 1 aliphatic heterocycles. The lowest BCUT2D eigenvalue weighted by molar-refractivity contribution is 0.0646. The van der Waals surface area contributed by atoms with Gasteiger partial charge in [-0.2, -0.15) is 0 Å². The summed E-state index contributed by atoms with van der Waals surface area (Å²) in [5, 5.41) is 0.691. The average Bonchev–Trinajstić information content (AvgIpc) is 3.01. The Morgan fingerprint density at radius 3 is 2.12 bits per heavy atom. The molecule has 0 spiro atoms. The van der Waals surface area contributed by atoms with Gasteiger partial charge >= 0.3 is 0 Å². The van der Waals surface area contributed by atoms with E-state index in [4.69, 9.17) is 32.7 Å². The van der Waals surface area contributed by atoms with Crippen molar-refractivity contribution in [2.24, 2.45) is 0 Å². The molecule has 4 rings (SSSR count). The maximum absolute atomic E-state index is 14.4. The van der Waals surface area contributed by atoms with Gasteiger partial charge in [-0.3, -0.25) is 14.5 Å². The van der Waals surface area contributed by atoms with E-state index in [-0.39, 0.29) is 36.5 Å². The number of ether oxygens (including phenoxy) is 2. The van der Waals surface area contributed by atoms with Crippen molar-refractivity contribution in [3.05, 3.63) is 81.6 Å². The van der Waals surface area contributed by atoms with Crippen LogP contribution in [0.1, 0.15) is 27.1 Å². The van der Waals surface area contributed by atoms with Crippen molar-refractivity contribution in [2.75, 3.05) is 20.3 Å². The number of nitrogens with zero attached hydrogens (tertiary/aromatic N) is 1. The van der Waals surface area contributed by atoms with Gasteiger partial charge in [-0.1, -0.05) is 41.4 Å². The largest absolute Gasteiger partial charge is 0.492 e. The summed E-state index contributed by atoms with van der Waals surface area (Å²) < 4.78 is 25.6. The maximum atomic E-state index is 14.4. The van der Waals surface area contributed by atoms with Crippen molar-refractivity contribution in [3.8, 4) is 22.6 Å². The van der Waals surface area contributed by atoms with Gasteiger partial charge in [0.2, 0.25) is 0 Å². The van der Waals surface area contributed by atoms with Gasteiger partial charge in [0.25, 0.3) is 11.8 Å². The first kappa shape index (κ1) is 22.1. The predicted octanol–water partition coefficient (Wildman–Crippen LogP) is 5.87. The standard InChI is InChI=1S/C24H18Cl2FNO4/c1-31-22-17(21-18(25)8-4-9-19(21)26)12-14(27)13-20(22)32-11-5-10-28-23(29)15-6-2-3-7-16(15)24(28)30/h2-4,6-9,12-13H,5,10-11H2,1H3. The molecule has 1 aliphatic rings. The molecule has 5 nitrogen and oxygen atoms in total. The lowest BCUT2D eigenvalue weighted by Gasteiger charge is -2.18. The number of carbonyl (C=O) groups is 2. The molecule has 0 aromatic heterocycles. The predicted molar refractivity (Wildman–Crippen MR) is 120 cm³/mol. The van der Waals surface area contributed by atoms with Crippen molar-refractivity contribution in [2.45, 2.75) is 6.42 Å². The van der Waals surface area contributed by atoms with Crippen molar-refractivity contribution >= 4 is 35.0 Å². The van der Waals surface area contributed by atoms with Crippen LogP contribution in [0.5, 0.6) is 11.5 Å². The molecule has 8 heteroatoms. The molecule has 3 aromatic carbocycles.